The lowest BCUT2D eigenvalue weighted by molar-refractivity contribution is 0.425. The van der Waals surface area contributed by atoms with Crippen LogP contribution in [0.4, 0.5) is 5.69 Å². The highest BCUT2D eigenvalue weighted by atomic mass is 32.2. The van der Waals surface area contributed by atoms with Gasteiger partial charge in [-0.05, 0) is 39.2 Å². The van der Waals surface area contributed by atoms with E-state index in [1.54, 1.807) is 6.92 Å². The molecule has 0 spiro atoms. The Labute approximate surface area is 148 Å². The van der Waals surface area contributed by atoms with Gasteiger partial charge in [0, 0.05) is 31.0 Å². The molecule has 1 aliphatic heterocycles. The van der Waals surface area contributed by atoms with Crippen LogP contribution in [0.25, 0.3) is 5.70 Å². The summed E-state index contributed by atoms with van der Waals surface area (Å²) in [6.45, 7) is 3.12. The maximum absolute atomic E-state index is 13.2. The van der Waals surface area contributed by atoms with Gasteiger partial charge in [0.25, 0.3) is 0 Å². The summed E-state index contributed by atoms with van der Waals surface area (Å²) < 4.78 is 28.2. The van der Waals surface area contributed by atoms with Gasteiger partial charge in [-0.25, -0.2) is 8.42 Å². The Morgan fingerprint density at radius 2 is 1.88 bits per heavy atom. The summed E-state index contributed by atoms with van der Waals surface area (Å²) in [5, 5.41) is 3.26. The van der Waals surface area contributed by atoms with E-state index in [1.165, 1.54) is 0 Å². The molecule has 0 amide bonds. The lowest BCUT2D eigenvalue weighted by atomic mass is 10.1. The first-order valence-corrected chi connectivity index (χ1v) is 9.52. The molecule has 1 aliphatic rings. The van der Waals surface area contributed by atoms with Gasteiger partial charge < -0.3 is 14.8 Å². The molecule has 1 aromatic carbocycles. The standard InChI is InChI=1S/C19H21N3O2S/c1-4-8-17-18(22-12-5-6-13-22)15-9-7-10-16(19(15)25(17,23)24)20-11-14-21(2)3/h5-7,9-10,12-13,20H,11,14H2,1-3H3. The molecule has 6 heteroatoms. The molecule has 1 aromatic heterocycles. The molecule has 1 N–H and O–H groups in total. The van der Waals surface area contributed by atoms with Crippen LogP contribution in [-0.2, 0) is 9.84 Å². The minimum atomic E-state index is -3.66. The number of hydrogen-bond acceptors (Lipinski definition) is 4. The molecule has 0 bridgehead atoms. The smallest absolute Gasteiger partial charge is 0.219 e. The van der Waals surface area contributed by atoms with Gasteiger partial charge >= 0.3 is 0 Å². The molecule has 2 heterocycles. The number of nitrogens with zero attached hydrogens (tertiary/aromatic N) is 2. The summed E-state index contributed by atoms with van der Waals surface area (Å²) in [7, 11) is 0.305. The molecular weight excluding hydrogens is 334 g/mol. The van der Waals surface area contributed by atoms with Gasteiger partial charge in [0.2, 0.25) is 9.84 Å². The van der Waals surface area contributed by atoms with E-state index in [0.717, 1.165) is 6.54 Å². The summed E-state index contributed by atoms with van der Waals surface area (Å²) in [4.78, 5) is 2.51. The monoisotopic (exact) mass is 355 g/mol. The molecule has 0 saturated carbocycles. The Hall–Kier alpha value is -2.49. The van der Waals surface area contributed by atoms with Crippen LogP contribution in [0.15, 0.2) is 52.5 Å². The van der Waals surface area contributed by atoms with E-state index in [0.29, 0.717) is 28.4 Å². The third kappa shape index (κ3) is 3.09. The molecule has 2 aromatic rings. The van der Waals surface area contributed by atoms with Crippen molar-refractivity contribution >= 4 is 21.2 Å². The summed E-state index contributed by atoms with van der Waals surface area (Å²) >= 11 is 0. The summed E-state index contributed by atoms with van der Waals surface area (Å²) in [6, 6.07) is 9.26. The summed E-state index contributed by atoms with van der Waals surface area (Å²) in [5.74, 6) is 5.55. The predicted octanol–water partition coefficient (Wildman–Crippen LogP) is 2.49. The highest BCUT2D eigenvalue weighted by molar-refractivity contribution is 7.96. The van der Waals surface area contributed by atoms with E-state index in [2.05, 4.69) is 17.2 Å². The van der Waals surface area contributed by atoms with Gasteiger partial charge in [-0.2, -0.15) is 0 Å². The second-order valence-corrected chi connectivity index (χ2v) is 7.88. The van der Waals surface area contributed by atoms with E-state index in [-0.39, 0.29) is 4.91 Å². The first kappa shape index (κ1) is 17.3. The van der Waals surface area contributed by atoms with Crippen molar-refractivity contribution in [3.63, 3.8) is 0 Å². The van der Waals surface area contributed by atoms with Gasteiger partial charge in [-0.3, -0.25) is 0 Å². The maximum Gasteiger partial charge on any atom is 0.219 e. The average Bonchev–Trinajstić information content (AvgIpc) is 3.14. The number of allylic oxidation sites excluding steroid dienone is 1. The third-order valence-electron chi connectivity index (χ3n) is 4.00. The average molecular weight is 355 g/mol. The molecule has 0 atom stereocenters. The number of rotatable bonds is 5. The van der Waals surface area contributed by atoms with Crippen LogP contribution in [0.2, 0.25) is 0 Å². The minimum absolute atomic E-state index is 0.156. The zero-order chi connectivity index (χ0) is 18.0. The third-order valence-corrected chi connectivity index (χ3v) is 5.81. The number of hydrogen-bond donors (Lipinski definition) is 1. The number of sulfone groups is 1. The highest BCUT2D eigenvalue weighted by Crippen LogP contribution is 2.43. The number of benzene rings is 1. The normalized spacial score (nSPS) is 15.0. The molecule has 25 heavy (non-hydrogen) atoms. The zero-order valence-corrected chi connectivity index (χ0v) is 15.4. The van der Waals surface area contributed by atoms with Crippen molar-refractivity contribution in [2.75, 3.05) is 32.5 Å². The van der Waals surface area contributed by atoms with E-state index in [4.69, 9.17) is 0 Å². The summed E-state index contributed by atoms with van der Waals surface area (Å²) in [6.07, 6.45) is 3.67. The van der Waals surface area contributed by atoms with Crippen LogP contribution in [0, 0.1) is 11.8 Å². The number of fused-ring (bicyclic) bond motifs is 1. The molecule has 0 radical (unpaired) electrons. The van der Waals surface area contributed by atoms with Crippen LogP contribution >= 0.6 is 0 Å². The molecule has 130 valence electrons. The fourth-order valence-corrected chi connectivity index (χ4v) is 4.69. The zero-order valence-electron chi connectivity index (χ0n) is 14.6. The van der Waals surface area contributed by atoms with Crippen LogP contribution in [0.5, 0.6) is 0 Å². The largest absolute Gasteiger partial charge is 0.383 e. The van der Waals surface area contributed by atoms with Crippen molar-refractivity contribution in [2.24, 2.45) is 0 Å². The molecule has 0 aliphatic carbocycles. The number of nitrogens with one attached hydrogen (secondary N) is 1. The van der Waals surface area contributed by atoms with Crippen LogP contribution in [-0.4, -0.2) is 45.1 Å². The first-order chi connectivity index (χ1) is 12.0. The van der Waals surface area contributed by atoms with Crippen molar-refractivity contribution in [1.82, 2.24) is 9.47 Å². The van der Waals surface area contributed by atoms with Crippen molar-refractivity contribution in [2.45, 2.75) is 11.8 Å². The van der Waals surface area contributed by atoms with Crippen molar-refractivity contribution < 1.29 is 8.42 Å². The number of anilines is 1. The van der Waals surface area contributed by atoms with Crippen LogP contribution in [0.1, 0.15) is 12.5 Å². The van der Waals surface area contributed by atoms with E-state index in [9.17, 15) is 8.42 Å². The lowest BCUT2D eigenvalue weighted by Gasteiger charge is -2.14. The topological polar surface area (TPSA) is 54.3 Å². The maximum atomic E-state index is 13.2. The SMILES string of the molecule is CC#CC1=C(n2cccc2)c2cccc(NCCN(C)C)c2S1(=O)=O. The Bertz CT molecular complexity index is 975. The van der Waals surface area contributed by atoms with E-state index in [1.807, 2.05) is 66.3 Å². The molecule has 0 saturated heterocycles. The molecular formula is C19H21N3O2S. The van der Waals surface area contributed by atoms with Crippen LogP contribution in [0.3, 0.4) is 0 Å². The minimum Gasteiger partial charge on any atom is -0.383 e. The highest BCUT2D eigenvalue weighted by Gasteiger charge is 2.37. The first-order valence-electron chi connectivity index (χ1n) is 8.04. The van der Waals surface area contributed by atoms with Gasteiger partial charge in [-0.1, -0.05) is 18.1 Å². The predicted molar refractivity (Wildman–Crippen MR) is 101 cm³/mol. The van der Waals surface area contributed by atoms with Crippen molar-refractivity contribution in [3.8, 4) is 11.8 Å². The quantitative estimate of drug-likeness (QED) is 0.838. The molecule has 5 nitrogen and oxygen atoms in total. The Morgan fingerprint density at radius 1 is 1.16 bits per heavy atom. The van der Waals surface area contributed by atoms with Gasteiger partial charge in [0.15, 0.2) is 0 Å². The van der Waals surface area contributed by atoms with Gasteiger partial charge in [0.05, 0.1) is 11.4 Å². The van der Waals surface area contributed by atoms with Gasteiger partial charge in [-0.15, -0.1) is 5.92 Å². The number of aromatic nitrogens is 1. The molecule has 0 unspecified atom stereocenters. The Kier molecular flexibility index (Phi) is 4.71. The van der Waals surface area contributed by atoms with Gasteiger partial charge in [0.1, 0.15) is 9.80 Å². The number of likely N-dealkylation sites (N-methyl/N-ethyl adjacent to an activating group) is 1. The van der Waals surface area contributed by atoms with Crippen molar-refractivity contribution in [3.05, 3.63) is 53.2 Å². The lowest BCUT2D eigenvalue weighted by Crippen LogP contribution is -2.21. The second-order valence-electron chi connectivity index (χ2n) is 6.06. The van der Waals surface area contributed by atoms with Crippen LogP contribution < -0.4 is 5.32 Å². The second kappa shape index (κ2) is 6.79. The molecule has 3 rings (SSSR count). The molecule has 0 fully saturated rings. The Morgan fingerprint density at radius 3 is 2.52 bits per heavy atom. The van der Waals surface area contributed by atoms with E-state index < -0.39 is 9.84 Å². The van der Waals surface area contributed by atoms with E-state index >= 15 is 0 Å². The Balaban J connectivity index is 2.15. The van der Waals surface area contributed by atoms with Crippen molar-refractivity contribution in [1.29, 1.82) is 0 Å². The fraction of sp³-hybridized carbons (Fsp3) is 0.263. The fourth-order valence-electron chi connectivity index (χ4n) is 2.90. The summed E-state index contributed by atoms with van der Waals surface area (Å²) in [5.41, 5.74) is 1.92.